The SMILES string of the molecule is CCN(CC)CCCNC(=O)CCCc1ccc(Cl)cc1. The highest BCUT2D eigenvalue weighted by Gasteiger charge is 2.03. The average Bonchev–Trinajstić information content (AvgIpc) is 2.49. The number of nitrogens with zero attached hydrogens (tertiary/aromatic N) is 1. The Morgan fingerprint density at radius 3 is 2.43 bits per heavy atom. The number of hydrogen-bond donors (Lipinski definition) is 1. The summed E-state index contributed by atoms with van der Waals surface area (Å²) in [5.41, 5.74) is 1.23. The van der Waals surface area contributed by atoms with Gasteiger partial charge >= 0.3 is 0 Å². The standard InChI is InChI=1S/C17H27ClN2O/c1-3-20(4-2)14-6-13-19-17(21)8-5-7-15-9-11-16(18)12-10-15/h9-12H,3-8,13-14H2,1-2H3,(H,19,21). The predicted molar refractivity (Wildman–Crippen MR) is 89.8 cm³/mol. The van der Waals surface area contributed by atoms with Crippen LogP contribution in [-0.4, -0.2) is 37.0 Å². The van der Waals surface area contributed by atoms with E-state index in [9.17, 15) is 4.79 Å². The van der Waals surface area contributed by atoms with Crippen molar-refractivity contribution >= 4 is 17.5 Å². The minimum absolute atomic E-state index is 0.156. The zero-order chi connectivity index (χ0) is 15.5. The summed E-state index contributed by atoms with van der Waals surface area (Å²) in [5.74, 6) is 0.156. The quantitative estimate of drug-likeness (QED) is 0.671. The Hall–Kier alpha value is -1.06. The molecular formula is C17H27ClN2O. The van der Waals surface area contributed by atoms with Crippen molar-refractivity contribution < 1.29 is 4.79 Å². The second-order valence-corrected chi connectivity index (χ2v) is 5.65. The zero-order valence-corrected chi connectivity index (χ0v) is 14.0. The van der Waals surface area contributed by atoms with Crippen molar-refractivity contribution in [1.29, 1.82) is 0 Å². The third kappa shape index (κ3) is 8.08. The molecule has 0 aromatic heterocycles. The molecule has 0 spiro atoms. The summed E-state index contributed by atoms with van der Waals surface area (Å²) in [7, 11) is 0. The summed E-state index contributed by atoms with van der Waals surface area (Å²) in [6.45, 7) is 8.31. The lowest BCUT2D eigenvalue weighted by atomic mass is 10.1. The van der Waals surface area contributed by atoms with Gasteiger partial charge in [-0.25, -0.2) is 0 Å². The van der Waals surface area contributed by atoms with Gasteiger partial charge in [0.25, 0.3) is 0 Å². The fourth-order valence-electron chi connectivity index (χ4n) is 2.26. The molecule has 0 saturated heterocycles. The molecule has 1 amide bonds. The van der Waals surface area contributed by atoms with Crippen LogP contribution in [0.15, 0.2) is 24.3 Å². The van der Waals surface area contributed by atoms with Crippen LogP contribution >= 0.6 is 11.6 Å². The van der Waals surface area contributed by atoms with Crippen molar-refractivity contribution in [2.45, 2.75) is 39.5 Å². The summed E-state index contributed by atoms with van der Waals surface area (Å²) in [6, 6.07) is 7.82. The van der Waals surface area contributed by atoms with Crippen molar-refractivity contribution in [2.75, 3.05) is 26.2 Å². The van der Waals surface area contributed by atoms with Crippen LogP contribution in [0.2, 0.25) is 5.02 Å². The van der Waals surface area contributed by atoms with Crippen LogP contribution in [0.5, 0.6) is 0 Å². The number of carbonyl (C=O) groups excluding carboxylic acids is 1. The number of nitrogens with one attached hydrogen (secondary N) is 1. The Labute approximate surface area is 133 Å². The average molecular weight is 311 g/mol. The number of aryl methyl sites for hydroxylation is 1. The van der Waals surface area contributed by atoms with Gasteiger partial charge < -0.3 is 10.2 Å². The Bertz CT molecular complexity index is 402. The molecule has 0 radical (unpaired) electrons. The topological polar surface area (TPSA) is 32.3 Å². The smallest absolute Gasteiger partial charge is 0.220 e. The number of amides is 1. The third-order valence-electron chi connectivity index (χ3n) is 3.65. The van der Waals surface area contributed by atoms with Crippen molar-refractivity contribution in [3.8, 4) is 0 Å². The van der Waals surface area contributed by atoms with E-state index in [4.69, 9.17) is 11.6 Å². The maximum Gasteiger partial charge on any atom is 0.220 e. The van der Waals surface area contributed by atoms with E-state index in [1.807, 2.05) is 24.3 Å². The van der Waals surface area contributed by atoms with Crippen molar-refractivity contribution in [1.82, 2.24) is 10.2 Å². The van der Waals surface area contributed by atoms with E-state index in [1.165, 1.54) is 5.56 Å². The van der Waals surface area contributed by atoms with E-state index in [0.717, 1.165) is 50.5 Å². The Balaban J connectivity index is 2.07. The Morgan fingerprint density at radius 1 is 1.14 bits per heavy atom. The fraction of sp³-hybridized carbons (Fsp3) is 0.588. The first kappa shape index (κ1) is 18.0. The van der Waals surface area contributed by atoms with Crippen LogP contribution in [0.4, 0.5) is 0 Å². The molecule has 0 aliphatic carbocycles. The summed E-state index contributed by atoms with van der Waals surface area (Å²) in [5, 5.41) is 3.75. The van der Waals surface area contributed by atoms with E-state index in [1.54, 1.807) is 0 Å². The number of halogens is 1. The highest BCUT2D eigenvalue weighted by atomic mass is 35.5. The molecule has 3 nitrogen and oxygen atoms in total. The third-order valence-corrected chi connectivity index (χ3v) is 3.90. The van der Waals surface area contributed by atoms with Crippen LogP contribution < -0.4 is 5.32 Å². The van der Waals surface area contributed by atoms with Crippen molar-refractivity contribution in [3.05, 3.63) is 34.9 Å². The molecule has 0 aliphatic rings. The van der Waals surface area contributed by atoms with Crippen molar-refractivity contribution in [2.24, 2.45) is 0 Å². The number of hydrogen-bond acceptors (Lipinski definition) is 2. The molecule has 1 aromatic carbocycles. The summed E-state index contributed by atoms with van der Waals surface area (Å²) >= 11 is 5.84. The van der Waals surface area contributed by atoms with Crippen LogP contribution in [-0.2, 0) is 11.2 Å². The number of benzene rings is 1. The second-order valence-electron chi connectivity index (χ2n) is 5.21. The molecule has 0 unspecified atom stereocenters. The van der Waals surface area contributed by atoms with Gasteiger partial charge in [0, 0.05) is 18.0 Å². The molecule has 21 heavy (non-hydrogen) atoms. The first-order valence-corrected chi connectivity index (χ1v) is 8.27. The van der Waals surface area contributed by atoms with E-state index in [2.05, 4.69) is 24.1 Å². The van der Waals surface area contributed by atoms with Gasteiger partial charge in [0.15, 0.2) is 0 Å². The zero-order valence-electron chi connectivity index (χ0n) is 13.2. The maximum atomic E-state index is 11.7. The van der Waals surface area contributed by atoms with Gasteiger partial charge in [-0.2, -0.15) is 0 Å². The molecule has 118 valence electrons. The van der Waals surface area contributed by atoms with E-state index < -0.39 is 0 Å². The van der Waals surface area contributed by atoms with Crippen LogP contribution in [0, 0.1) is 0 Å². The van der Waals surface area contributed by atoms with E-state index >= 15 is 0 Å². The molecule has 0 aliphatic heterocycles. The molecule has 0 saturated carbocycles. The van der Waals surface area contributed by atoms with Crippen molar-refractivity contribution in [3.63, 3.8) is 0 Å². The first-order valence-electron chi connectivity index (χ1n) is 7.89. The lowest BCUT2D eigenvalue weighted by molar-refractivity contribution is -0.121. The van der Waals surface area contributed by atoms with Gasteiger partial charge in [0.2, 0.25) is 5.91 Å². The monoisotopic (exact) mass is 310 g/mol. The number of rotatable bonds is 10. The lowest BCUT2D eigenvalue weighted by Crippen LogP contribution is -2.29. The first-order chi connectivity index (χ1) is 10.2. The van der Waals surface area contributed by atoms with Gasteiger partial charge in [-0.05, 0) is 56.6 Å². The Morgan fingerprint density at radius 2 is 1.81 bits per heavy atom. The summed E-state index contributed by atoms with van der Waals surface area (Å²) in [6.07, 6.45) is 3.41. The van der Waals surface area contributed by atoms with E-state index in [0.29, 0.717) is 6.42 Å². The Kier molecular flexibility index (Phi) is 9.11. The summed E-state index contributed by atoms with van der Waals surface area (Å²) in [4.78, 5) is 14.1. The van der Waals surface area contributed by atoms with E-state index in [-0.39, 0.29) is 5.91 Å². The van der Waals surface area contributed by atoms with Gasteiger partial charge in [0.1, 0.15) is 0 Å². The van der Waals surface area contributed by atoms with Gasteiger partial charge in [-0.3, -0.25) is 4.79 Å². The normalized spacial score (nSPS) is 10.9. The van der Waals surface area contributed by atoms with Gasteiger partial charge in [0.05, 0.1) is 0 Å². The van der Waals surface area contributed by atoms with Crippen LogP contribution in [0.3, 0.4) is 0 Å². The highest BCUT2D eigenvalue weighted by Crippen LogP contribution is 2.11. The molecule has 1 aromatic rings. The van der Waals surface area contributed by atoms with Crippen LogP contribution in [0.25, 0.3) is 0 Å². The number of carbonyl (C=O) groups is 1. The molecular weight excluding hydrogens is 284 g/mol. The largest absolute Gasteiger partial charge is 0.356 e. The van der Waals surface area contributed by atoms with Gasteiger partial charge in [-0.15, -0.1) is 0 Å². The summed E-state index contributed by atoms with van der Waals surface area (Å²) < 4.78 is 0. The molecule has 1 rings (SSSR count). The van der Waals surface area contributed by atoms with Gasteiger partial charge in [-0.1, -0.05) is 37.6 Å². The maximum absolute atomic E-state index is 11.7. The highest BCUT2D eigenvalue weighted by molar-refractivity contribution is 6.30. The molecule has 0 atom stereocenters. The molecule has 1 N–H and O–H groups in total. The fourth-order valence-corrected chi connectivity index (χ4v) is 2.39. The minimum atomic E-state index is 0.156. The lowest BCUT2D eigenvalue weighted by Gasteiger charge is -2.17. The minimum Gasteiger partial charge on any atom is -0.356 e. The predicted octanol–water partition coefficient (Wildman–Crippen LogP) is 3.51. The molecule has 0 heterocycles. The molecule has 0 bridgehead atoms. The molecule has 4 heteroatoms. The molecule has 0 fully saturated rings. The van der Waals surface area contributed by atoms with Crippen LogP contribution in [0.1, 0.15) is 38.7 Å². The second kappa shape index (κ2) is 10.6.